The monoisotopic (exact) mass is 320 g/mol. The van der Waals surface area contributed by atoms with Gasteiger partial charge in [0, 0.05) is 11.1 Å². The minimum absolute atomic E-state index is 0.0546. The molecule has 0 aliphatic heterocycles. The molecule has 120 valence electrons. The molecule has 0 aromatic heterocycles. The Kier molecular flexibility index (Phi) is 4.43. The van der Waals surface area contributed by atoms with Crippen LogP contribution in [0.1, 0.15) is 15.9 Å². The fourth-order valence-electron chi connectivity index (χ4n) is 2.41. The van der Waals surface area contributed by atoms with Crippen molar-refractivity contribution in [2.24, 2.45) is 5.10 Å². The molecule has 3 rings (SSSR count). The fraction of sp³-hybridized carbons (Fsp3) is 0.0526. The Balaban J connectivity index is 1.80. The van der Waals surface area contributed by atoms with Gasteiger partial charge in [-0.15, -0.1) is 0 Å². The van der Waals surface area contributed by atoms with Gasteiger partial charge in [-0.1, -0.05) is 36.4 Å². The summed E-state index contributed by atoms with van der Waals surface area (Å²) in [6, 6.07) is 17.9. The summed E-state index contributed by atoms with van der Waals surface area (Å²) in [5.41, 5.74) is 3.48. The van der Waals surface area contributed by atoms with Crippen molar-refractivity contribution in [2.75, 3.05) is 7.11 Å². The Morgan fingerprint density at radius 2 is 1.92 bits per heavy atom. The molecule has 5 heteroatoms. The number of amides is 1. The summed E-state index contributed by atoms with van der Waals surface area (Å²) in [4.78, 5) is 12.3. The number of ether oxygens (including phenoxy) is 1. The van der Waals surface area contributed by atoms with Crippen LogP contribution < -0.4 is 10.2 Å². The van der Waals surface area contributed by atoms with Gasteiger partial charge in [0.05, 0.1) is 13.3 Å². The zero-order valence-corrected chi connectivity index (χ0v) is 13.1. The van der Waals surface area contributed by atoms with Crippen molar-refractivity contribution in [3.05, 3.63) is 71.8 Å². The molecule has 0 saturated heterocycles. The highest BCUT2D eigenvalue weighted by Crippen LogP contribution is 2.21. The van der Waals surface area contributed by atoms with Crippen molar-refractivity contribution in [2.45, 2.75) is 0 Å². The van der Waals surface area contributed by atoms with Crippen LogP contribution in [-0.2, 0) is 0 Å². The molecule has 0 heterocycles. The van der Waals surface area contributed by atoms with Gasteiger partial charge >= 0.3 is 0 Å². The van der Waals surface area contributed by atoms with Gasteiger partial charge in [0.1, 0.15) is 11.5 Å². The second-order valence-electron chi connectivity index (χ2n) is 5.15. The minimum atomic E-state index is -0.314. The number of rotatable bonds is 4. The number of fused-ring (bicyclic) bond motifs is 1. The van der Waals surface area contributed by atoms with Crippen LogP contribution in [0, 0.1) is 0 Å². The van der Waals surface area contributed by atoms with Crippen LogP contribution in [-0.4, -0.2) is 24.3 Å². The molecule has 3 aromatic rings. The van der Waals surface area contributed by atoms with Gasteiger partial charge in [0.15, 0.2) is 0 Å². The Hall–Kier alpha value is -3.34. The lowest BCUT2D eigenvalue weighted by Crippen LogP contribution is -2.17. The van der Waals surface area contributed by atoms with Crippen molar-refractivity contribution in [1.82, 2.24) is 5.43 Å². The van der Waals surface area contributed by atoms with Crippen molar-refractivity contribution in [3.63, 3.8) is 0 Å². The summed E-state index contributed by atoms with van der Waals surface area (Å²) in [5.74, 6) is 0.332. The van der Waals surface area contributed by atoms with Gasteiger partial charge in [-0.3, -0.25) is 4.79 Å². The van der Waals surface area contributed by atoms with E-state index in [1.54, 1.807) is 18.2 Å². The van der Waals surface area contributed by atoms with Crippen LogP contribution >= 0.6 is 0 Å². The molecule has 1 amide bonds. The Labute approximate surface area is 139 Å². The van der Waals surface area contributed by atoms with E-state index in [4.69, 9.17) is 4.74 Å². The quantitative estimate of drug-likeness (QED) is 0.572. The second-order valence-corrected chi connectivity index (χ2v) is 5.15. The highest BCUT2D eigenvalue weighted by atomic mass is 16.5. The number of phenolic OH excluding ortho intramolecular Hbond substituents is 1. The zero-order valence-electron chi connectivity index (χ0n) is 13.1. The minimum Gasteiger partial charge on any atom is -0.507 e. The predicted molar refractivity (Wildman–Crippen MR) is 93.7 cm³/mol. The molecule has 2 N–H and O–H groups in total. The van der Waals surface area contributed by atoms with Crippen LogP contribution in [0.15, 0.2) is 65.8 Å². The standard InChI is InChI=1S/C19H16N2O3/c1-24-15-9-10-18(22)14(11-15)12-20-21-19(23)17-8-4-6-13-5-2-3-7-16(13)17/h2-12,22H,1H3,(H,21,23)/b20-12+. The van der Waals surface area contributed by atoms with Crippen LogP contribution in [0.5, 0.6) is 11.5 Å². The average molecular weight is 320 g/mol. The summed E-state index contributed by atoms with van der Waals surface area (Å²) in [7, 11) is 1.54. The molecule has 0 atom stereocenters. The number of hydrazone groups is 1. The molecule has 0 fully saturated rings. The van der Waals surface area contributed by atoms with Crippen molar-refractivity contribution >= 4 is 22.9 Å². The Morgan fingerprint density at radius 1 is 1.12 bits per heavy atom. The topological polar surface area (TPSA) is 70.9 Å². The third kappa shape index (κ3) is 3.20. The molecule has 0 aliphatic carbocycles. The molecule has 0 aliphatic rings. The lowest BCUT2D eigenvalue weighted by molar-refractivity contribution is 0.0957. The van der Waals surface area contributed by atoms with Crippen molar-refractivity contribution in [1.29, 1.82) is 0 Å². The van der Waals surface area contributed by atoms with Gasteiger partial charge in [0.2, 0.25) is 0 Å². The highest BCUT2D eigenvalue weighted by Gasteiger charge is 2.08. The highest BCUT2D eigenvalue weighted by molar-refractivity contribution is 6.07. The van der Waals surface area contributed by atoms with E-state index in [1.165, 1.54) is 19.4 Å². The van der Waals surface area contributed by atoms with Crippen LogP contribution in [0.2, 0.25) is 0 Å². The van der Waals surface area contributed by atoms with E-state index in [1.807, 2.05) is 36.4 Å². The summed E-state index contributed by atoms with van der Waals surface area (Å²) < 4.78 is 5.09. The molecule has 0 spiro atoms. The molecule has 24 heavy (non-hydrogen) atoms. The second kappa shape index (κ2) is 6.83. The number of aromatic hydroxyl groups is 1. The lowest BCUT2D eigenvalue weighted by atomic mass is 10.0. The van der Waals surface area contributed by atoms with Crippen LogP contribution in [0.3, 0.4) is 0 Å². The number of hydrogen-bond donors (Lipinski definition) is 2. The molecule has 5 nitrogen and oxygen atoms in total. The third-order valence-electron chi connectivity index (χ3n) is 3.64. The molecule has 0 saturated carbocycles. The largest absolute Gasteiger partial charge is 0.507 e. The number of methoxy groups -OCH3 is 1. The summed E-state index contributed by atoms with van der Waals surface area (Å²) in [6.45, 7) is 0. The van der Waals surface area contributed by atoms with E-state index in [2.05, 4.69) is 10.5 Å². The van der Waals surface area contributed by atoms with Gasteiger partial charge in [-0.2, -0.15) is 5.10 Å². The molecular weight excluding hydrogens is 304 g/mol. The van der Waals surface area contributed by atoms with Gasteiger partial charge in [-0.05, 0) is 35.0 Å². The Morgan fingerprint density at radius 3 is 2.75 bits per heavy atom. The number of carbonyl (C=O) groups is 1. The van der Waals surface area contributed by atoms with Crippen molar-refractivity contribution in [3.8, 4) is 11.5 Å². The molecule has 0 unspecified atom stereocenters. The van der Waals surface area contributed by atoms with E-state index in [9.17, 15) is 9.90 Å². The molecule has 3 aromatic carbocycles. The first-order chi connectivity index (χ1) is 11.7. The van der Waals surface area contributed by atoms with E-state index in [-0.39, 0.29) is 11.7 Å². The first-order valence-corrected chi connectivity index (χ1v) is 7.37. The van der Waals surface area contributed by atoms with Crippen molar-refractivity contribution < 1.29 is 14.6 Å². The van der Waals surface area contributed by atoms with E-state index < -0.39 is 0 Å². The maximum Gasteiger partial charge on any atom is 0.271 e. The van der Waals surface area contributed by atoms with Gasteiger partial charge in [-0.25, -0.2) is 5.43 Å². The SMILES string of the molecule is COc1ccc(O)c(/C=N/NC(=O)c2cccc3ccccc23)c1. The first kappa shape index (κ1) is 15.6. The number of hydrogen-bond acceptors (Lipinski definition) is 4. The smallest absolute Gasteiger partial charge is 0.271 e. The summed E-state index contributed by atoms with van der Waals surface area (Å²) in [5, 5.41) is 15.6. The first-order valence-electron chi connectivity index (χ1n) is 7.37. The molecule has 0 bridgehead atoms. The molecular formula is C19H16N2O3. The van der Waals surface area contributed by atoms with Crippen LogP contribution in [0.4, 0.5) is 0 Å². The van der Waals surface area contributed by atoms with Crippen LogP contribution in [0.25, 0.3) is 10.8 Å². The van der Waals surface area contributed by atoms with E-state index >= 15 is 0 Å². The predicted octanol–water partition coefficient (Wildman–Crippen LogP) is 3.32. The van der Waals surface area contributed by atoms with Gasteiger partial charge < -0.3 is 9.84 Å². The maximum atomic E-state index is 12.3. The van der Waals surface area contributed by atoms with E-state index in [0.717, 1.165) is 10.8 Å². The normalized spacial score (nSPS) is 10.9. The zero-order chi connectivity index (χ0) is 16.9. The maximum absolute atomic E-state index is 12.3. The number of phenols is 1. The number of nitrogens with zero attached hydrogens (tertiary/aromatic N) is 1. The van der Waals surface area contributed by atoms with Gasteiger partial charge in [0.25, 0.3) is 5.91 Å². The third-order valence-corrected chi connectivity index (χ3v) is 3.64. The fourth-order valence-corrected chi connectivity index (χ4v) is 2.41. The Bertz CT molecular complexity index is 914. The number of carbonyl (C=O) groups excluding carboxylic acids is 1. The molecule has 0 radical (unpaired) electrons. The summed E-state index contributed by atoms with van der Waals surface area (Å²) >= 11 is 0. The average Bonchev–Trinajstić information content (AvgIpc) is 2.62. The summed E-state index contributed by atoms with van der Waals surface area (Å²) in [6.07, 6.45) is 1.38. The lowest BCUT2D eigenvalue weighted by Gasteiger charge is -2.05. The van der Waals surface area contributed by atoms with E-state index in [0.29, 0.717) is 16.9 Å². The number of benzene rings is 3. The number of nitrogens with one attached hydrogen (secondary N) is 1.